The summed E-state index contributed by atoms with van der Waals surface area (Å²) in [5, 5.41) is 8.20. The van der Waals surface area contributed by atoms with Crippen molar-refractivity contribution in [1.82, 2.24) is 20.1 Å². The number of aryl methyl sites for hydroxylation is 2. The van der Waals surface area contributed by atoms with Crippen molar-refractivity contribution in [2.45, 2.75) is 32.3 Å². The van der Waals surface area contributed by atoms with Crippen molar-refractivity contribution in [3.8, 4) is 5.75 Å². The highest BCUT2D eigenvalue weighted by atomic mass is 35.5. The summed E-state index contributed by atoms with van der Waals surface area (Å²) >= 11 is 6.13. The van der Waals surface area contributed by atoms with Gasteiger partial charge in [0.2, 0.25) is 11.8 Å². The molecule has 2 aromatic rings. The van der Waals surface area contributed by atoms with Crippen LogP contribution in [0.25, 0.3) is 0 Å². The normalized spacial score (nSPS) is 20.9. The molecule has 0 bridgehead atoms. The van der Waals surface area contributed by atoms with Crippen LogP contribution >= 0.6 is 11.6 Å². The molecule has 2 fully saturated rings. The SMILES string of the molecule is Cc1cc(OCC2(CC(=O)N3CCOCC3)CN(C(=O)Cc3nonc3C)CCO2)ccc1Cl. The molecule has 11 heteroatoms. The number of ether oxygens (including phenoxy) is 3. The molecular weight excluding hydrogens is 464 g/mol. The number of hydrogen-bond donors (Lipinski definition) is 0. The molecule has 2 saturated heterocycles. The topological polar surface area (TPSA) is 107 Å². The smallest absolute Gasteiger partial charge is 0.228 e. The van der Waals surface area contributed by atoms with Gasteiger partial charge in [-0.2, -0.15) is 0 Å². The highest BCUT2D eigenvalue weighted by molar-refractivity contribution is 6.31. The first kappa shape index (κ1) is 24.4. The van der Waals surface area contributed by atoms with E-state index in [1.165, 1.54) is 0 Å². The minimum absolute atomic E-state index is 0.0509. The lowest BCUT2D eigenvalue weighted by Gasteiger charge is -2.43. The zero-order valence-corrected chi connectivity index (χ0v) is 20.2. The molecule has 1 atom stereocenters. The second-order valence-corrected chi connectivity index (χ2v) is 9.10. The maximum atomic E-state index is 13.1. The van der Waals surface area contributed by atoms with Crippen LogP contribution in [0.15, 0.2) is 22.8 Å². The lowest BCUT2D eigenvalue weighted by Crippen LogP contribution is -2.59. The van der Waals surface area contributed by atoms with Gasteiger partial charge >= 0.3 is 0 Å². The number of benzene rings is 1. The molecule has 0 saturated carbocycles. The Hall–Kier alpha value is -2.69. The molecule has 2 aliphatic rings. The van der Waals surface area contributed by atoms with E-state index in [1.54, 1.807) is 28.9 Å². The summed E-state index contributed by atoms with van der Waals surface area (Å²) < 4.78 is 22.3. The molecule has 3 heterocycles. The summed E-state index contributed by atoms with van der Waals surface area (Å²) in [6.07, 6.45) is 0.161. The Balaban J connectivity index is 1.50. The molecule has 0 spiro atoms. The number of rotatable bonds is 7. The molecule has 1 aromatic carbocycles. The van der Waals surface area contributed by atoms with Gasteiger partial charge in [-0.1, -0.05) is 21.9 Å². The first-order chi connectivity index (χ1) is 16.3. The summed E-state index contributed by atoms with van der Waals surface area (Å²) in [4.78, 5) is 29.7. The third-order valence-electron chi connectivity index (χ3n) is 6.13. The molecular formula is C23H29ClN4O6. The van der Waals surface area contributed by atoms with Crippen LogP contribution < -0.4 is 4.74 Å². The number of amides is 2. The average Bonchev–Trinajstić information content (AvgIpc) is 3.24. The van der Waals surface area contributed by atoms with Crippen molar-refractivity contribution in [3.05, 3.63) is 40.2 Å². The van der Waals surface area contributed by atoms with Crippen LogP contribution in [0.5, 0.6) is 5.75 Å². The Morgan fingerprint density at radius 2 is 1.85 bits per heavy atom. The van der Waals surface area contributed by atoms with Crippen LogP contribution in [0, 0.1) is 13.8 Å². The van der Waals surface area contributed by atoms with Gasteiger partial charge in [0.25, 0.3) is 0 Å². The van der Waals surface area contributed by atoms with Crippen molar-refractivity contribution in [2.24, 2.45) is 0 Å². The molecule has 1 aromatic heterocycles. The second-order valence-electron chi connectivity index (χ2n) is 8.69. The van der Waals surface area contributed by atoms with Gasteiger partial charge in [-0.15, -0.1) is 0 Å². The van der Waals surface area contributed by atoms with Crippen molar-refractivity contribution in [3.63, 3.8) is 0 Å². The van der Waals surface area contributed by atoms with E-state index >= 15 is 0 Å². The molecule has 34 heavy (non-hydrogen) atoms. The molecule has 2 aliphatic heterocycles. The number of hydrogen-bond acceptors (Lipinski definition) is 8. The molecule has 4 rings (SSSR count). The Bertz CT molecular complexity index is 1020. The predicted octanol–water partition coefficient (Wildman–Crippen LogP) is 1.81. The highest BCUT2D eigenvalue weighted by Crippen LogP contribution is 2.28. The van der Waals surface area contributed by atoms with E-state index in [2.05, 4.69) is 10.3 Å². The molecule has 0 N–H and O–H groups in total. The first-order valence-electron chi connectivity index (χ1n) is 11.3. The second kappa shape index (κ2) is 10.7. The van der Waals surface area contributed by atoms with Gasteiger partial charge in [0, 0.05) is 24.7 Å². The number of carbonyl (C=O) groups excluding carboxylic acids is 2. The monoisotopic (exact) mass is 492 g/mol. The number of aromatic nitrogens is 2. The number of morpholine rings is 2. The van der Waals surface area contributed by atoms with Gasteiger partial charge in [-0.3, -0.25) is 9.59 Å². The van der Waals surface area contributed by atoms with Crippen LogP contribution in [-0.4, -0.2) is 90.1 Å². The van der Waals surface area contributed by atoms with Crippen LogP contribution in [0.2, 0.25) is 5.02 Å². The fourth-order valence-electron chi connectivity index (χ4n) is 4.09. The Morgan fingerprint density at radius 3 is 2.56 bits per heavy atom. The van der Waals surface area contributed by atoms with Crippen molar-refractivity contribution in [1.29, 1.82) is 0 Å². The minimum atomic E-state index is -0.992. The summed E-state index contributed by atoms with van der Waals surface area (Å²) in [5.41, 5.74) is 0.972. The molecule has 2 amide bonds. The van der Waals surface area contributed by atoms with Crippen LogP contribution in [0.1, 0.15) is 23.4 Å². The van der Waals surface area contributed by atoms with E-state index in [4.69, 9.17) is 30.4 Å². The lowest BCUT2D eigenvalue weighted by atomic mass is 9.96. The van der Waals surface area contributed by atoms with E-state index in [0.29, 0.717) is 61.6 Å². The van der Waals surface area contributed by atoms with E-state index < -0.39 is 5.60 Å². The summed E-state index contributed by atoms with van der Waals surface area (Å²) in [7, 11) is 0. The number of nitrogens with zero attached hydrogens (tertiary/aromatic N) is 4. The molecule has 10 nitrogen and oxygen atoms in total. The van der Waals surface area contributed by atoms with Crippen molar-refractivity contribution in [2.75, 3.05) is 52.6 Å². The van der Waals surface area contributed by atoms with Crippen molar-refractivity contribution >= 4 is 23.4 Å². The molecule has 184 valence electrons. The van der Waals surface area contributed by atoms with Gasteiger partial charge in [0.15, 0.2) is 0 Å². The summed E-state index contributed by atoms with van der Waals surface area (Å²) in [5.74, 6) is 0.439. The first-order valence-corrected chi connectivity index (χ1v) is 11.7. The highest BCUT2D eigenvalue weighted by Gasteiger charge is 2.42. The van der Waals surface area contributed by atoms with E-state index in [0.717, 1.165) is 5.56 Å². The number of halogens is 1. The fourth-order valence-corrected chi connectivity index (χ4v) is 4.21. The van der Waals surface area contributed by atoms with Gasteiger partial charge in [-0.25, -0.2) is 4.63 Å². The lowest BCUT2D eigenvalue weighted by molar-refractivity contribution is -0.167. The van der Waals surface area contributed by atoms with Crippen LogP contribution in [-0.2, 0) is 25.5 Å². The van der Waals surface area contributed by atoms with E-state index in [9.17, 15) is 9.59 Å². The summed E-state index contributed by atoms with van der Waals surface area (Å²) in [6.45, 7) is 6.76. The zero-order valence-electron chi connectivity index (χ0n) is 19.4. The average molecular weight is 493 g/mol. The standard InChI is InChI=1S/C23H29ClN4O6/c1-16-11-18(3-4-19(16)24)32-15-23(13-22(30)27-5-8-31-9-6-27)14-28(7-10-33-23)21(29)12-20-17(2)25-34-26-20/h3-4,11H,5-10,12-15H2,1-2H3. The van der Waals surface area contributed by atoms with Gasteiger partial charge in [0.05, 0.1) is 39.2 Å². The quantitative estimate of drug-likeness (QED) is 0.576. The predicted molar refractivity (Wildman–Crippen MR) is 122 cm³/mol. The largest absolute Gasteiger partial charge is 0.490 e. The van der Waals surface area contributed by atoms with Gasteiger partial charge < -0.3 is 24.0 Å². The van der Waals surface area contributed by atoms with E-state index in [-0.39, 0.29) is 37.8 Å². The third-order valence-corrected chi connectivity index (χ3v) is 6.56. The Kier molecular flexibility index (Phi) is 7.70. The van der Waals surface area contributed by atoms with Gasteiger partial charge in [-0.05, 0) is 37.6 Å². The summed E-state index contributed by atoms with van der Waals surface area (Å²) in [6, 6.07) is 5.38. The zero-order chi connectivity index (χ0) is 24.1. The third kappa shape index (κ3) is 5.86. The molecule has 1 unspecified atom stereocenters. The Morgan fingerprint density at radius 1 is 1.09 bits per heavy atom. The maximum Gasteiger partial charge on any atom is 0.228 e. The molecule has 0 radical (unpaired) electrons. The minimum Gasteiger partial charge on any atom is -0.490 e. The maximum absolute atomic E-state index is 13.1. The number of carbonyl (C=O) groups is 2. The van der Waals surface area contributed by atoms with Crippen LogP contribution in [0.3, 0.4) is 0 Å². The Labute approximate surface area is 203 Å². The van der Waals surface area contributed by atoms with Crippen LogP contribution in [0.4, 0.5) is 0 Å². The fraction of sp³-hybridized carbons (Fsp3) is 0.565. The van der Waals surface area contributed by atoms with Gasteiger partial charge in [0.1, 0.15) is 29.3 Å². The van der Waals surface area contributed by atoms with E-state index in [1.807, 2.05) is 13.0 Å². The molecule has 0 aliphatic carbocycles. The van der Waals surface area contributed by atoms with Crippen molar-refractivity contribution < 1.29 is 28.4 Å².